The first-order valence-corrected chi connectivity index (χ1v) is 12.9. The molecule has 0 atom stereocenters. The number of nitro groups is 1. The molecule has 3 aromatic carbocycles. The topological polar surface area (TPSA) is 94.8 Å². The number of non-ortho nitro benzene ring substituents is 1. The summed E-state index contributed by atoms with van der Waals surface area (Å²) in [5.41, 5.74) is 4.34. The number of unbranched alkanes of at least 4 members (excludes halogenated alkanes) is 2. The van der Waals surface area contributed by atoms with Crippen LogP contribution in [0.1, 0.15) is 56.2 Å². The normalized spacial score (nSPS) is 11.9. The van der Waals surface area contributed by atoms with E-state index in [1.165, 1.54) is 43.4 Å². The predicted molar refractivity (Wildman–Crippen MR) is 150 cm³/mol. The smallest absolute Gasteiger partial charge is 0.270 e. The SMILES string of the molecule is CCCCN(CCCC)Cc1ccc(N=C(c2ccccc2)c2c(O)[nH]c3ccc([N+](=O)[O-])cc23)cc1. The summed E-state index contributed by atoms with van der Waals surface area (Å²) < 4.78 is 0. The van der Waals surface area contributed by atoms with Crippen LogP contribution < -0.4 is 0 Å². The fourth-order valence-corrected chi connectivity index (χ4v) is 4.48. The molecular weight excluding hydrogens is 464 g/mol. The minimum atomic E-state index is -0.435. The van der Waals surface area contributed by atoms with Crippen molar-refractivity contribution in [1.29, 1.82) is 0 Å². The fourth-order valence-electron chi connectivity index (χ4n) is 4.48. The van der Waals surface area contributed by atoms with Crippen molar-refractivity contribution in [2.24, 2.45) is 4.99 Å². The first-order valence-electron chi connectivity index (χ1n) is 12.9. The Morgan fingerprint density at radius 3 is 2.27 bits per heavy atom. The molecule has 7 heteroatoms. The van der Waals surface area contributed by atoms with Crippen LogP contribution in [0.4, 0.5) is 11.4 Å². The van der Waals surface area contributed by atoms with E-state index in [-0.39, 0.29) is 11.6 Å². The van der Waals surface area contributed by atoms with E-state index in [1.807, 2.05) is 42.5 Å². The van der Waals surface area contributed by atoms with E-state index >= 15 is 0 Å². The van der Waals surface area contributed by atoms with Crippen LogP contribution in [0, 0.1) is 10.1 Å². The maximum atomic E-state index is 11.4. The summed E-state index contributed by atoms with van der Waals surface area (Å²) in [6.07, 6.45) is 4.75. The van der Waals surface area contributed by atoms with Crippen molar-refractivity contribution in [1.82, 2.24) is 9.88 Å². The summed E-state index contributed by atoms with van der Waals surface area (Å²) in [5.74, 6) is -0.0720. The highest BCUT2D eigenvalue weighted by molar-refractivity contribution is 6.22. The van der Waals surface area contributed by atoms with Gasteiger partial charge in [-0.15, -0.1) is 0 Å². The van der Waals surface area contributed by atoms with E-state index in [9.17, 15) is 15.2 Å². The summed E-state index contributed by atoms with van der Waals surface area (Å²) in [4.78, 5) is 21.4. The molecule has 0 aliphatic rings. The summed E-state index contributed by atoms with van der Waals surface area (Å²) >= 11 is 0. The Balaban J connectivity index is 1.71. The highest BCUT2D eigenvalue weighted by Crippen LogP contribution is 2.33. The van der Waals surface area contributed by atoms with Gasteiger partial charge in [0.15, 0.2) is 5.88 Å². The number of fused-ring (bicyclic) bond motifs is 1. The van der Waals surface area contributed by atoms with Crippen LogP contribution in [0.3, 0.4) is 0 Å². The number of aromatic hydroxyl groups is 1. The third kappa shape index (κ3) is 6.43. The lowest BCUT2D eigenvalue weighted by Crippen LogP contribution is -2.25. The maximum Gasteiger partial charge on any atom is 0.270 e. The van der Waals surface area contributed by atoms with E-state index in [0.29, 0.717) is 22.2 Å². The number of hydrogen-bond acceptors (Lipinski definition) is 5. The molecule has 4 rings (SSSR count). The van der Waals surface area contributed by atoms with Crippen molar-refractivity contribution < 1.29 is 10.0 Å². The van der Waals surface area contributed by atoms with Crippen LogP contribution in [0.15, 0.2) is 77.8 Å². The Hall–Kier alpha value is -3.97. The van der Waals surface area contributed by atoms with Crippen molar-refractivity contribution in [3.63, 3.8) is 0 Å². The summed E-state index contributed by atoms with van der Waals surface area (Å²) in [6, 6.07) is 22.3. The van der Waals surface area contributed by atoms with Gasteiger partial charge in [0.25, 0.3) is 5.69 Å². The highest BCUT2D eigenvalue weighted by atomic mass is 16.6. The number of aromatic nitrogens is 1. The van der Waals surface area contributed by atoms with E-state index in [1.54, 1.807) is 6.07 Å². The van der Waals surface area contributed by atoms with Gasteiger partial charge in [0.05, 0.1) is 21.9 Å². The van der Waals surface area contributed by atoms with Crippen molar-refractivity contribution in [2.75, 3.05) is 13.1 Å². The molecular formula is C30H34N4O3. The van der Waals surface area contributed by atoms with Gasteiger partial charge in [-0.1, -0.05) is 69.2 Å². The molecule has 0 spiro atoms. The second-order valence-electron chi connectivity index (χ2n) is 9.31. The monoisotopic (exact) mass is 498 g/mol. The van der Waals surface area contributed by atoms with Crippen LogP contribution in [-0.4, -0.2) is 38.7 Å². The molecule has 0 aliphatic heterocycles. The van der Waals surface area contributed by atoms with Crippen LogP contribution in [0.5, 0.6) is 5.88 Å². The minimum Gasteiger partial charge on any atom is -0.494 e. The van der Waals surface area contributed by atoms with E-state index in [0.717, 1.165) is 30.9 Å². The number of nitrogens with zero attached hydrogens (tertiary/aromatic N) is 3. The van der Waals surface area contributed by atoms with E-state index in [2.05, 4.69) is 35.9 Å². The van der Waals surface area contributed by atoms with Gasteiger partial charge in [-0.25, -0.2) is 4.99 Å². The van der Waals surface area contributed by atoms with Gasteiger partial charge >= 0.3 is 0 Å². The molecule has 0 radical (unpaired) electrons. The quantitative estimate of drug-likeness (QED) is 0.121. The molecule has 0 fully saturated rings. The number of nitro benzene ring substituents is 1. The van der Waals surface area contributed by atoms with Gasteiger partial charge in [-0.2, -0.15) is 0 Å². The first-order chi connectivity index (χ1) is 18.0. The molecule has 0 saturated heterocycles. The first kappa shape index (κ1) is 26.1. The number of benzene rings is 3. The number of aliphatic imine (C=N–C) groups is 1. The molecule has 0 bridgehead atoms. The maximum absolute atomic E-state index is 11.4. The van der Waals surface area contributed by atoms with Crippen molar-refractivity contribution in [3.8, 4) is 5.88 Å². The number of rotatable bonds is 12. The number of aromatic amines is 1. The van der Waals surface area contributed by atoms with Gasteiger partial charge in [0.1, 0.15) is 0 Å². The molecule has 7 nitrogen and oxygen atoms in total. The summed E-state index contributed by atoms with van der Waals surface area (Å²) in [6.45, 7) is 7.54. The van der Waals surface area contributed by atoms with E-state index in [4.69, 9.17) is 4.99 Å². The van der Waals surface area contributed by atoms with Crippen LogP contribution in [-0.2, 0) is 6.54 Å². The predicted octanol–water partition coefficient (Wildman–Crippen LogP) is 7.35. The minimum absolute atomic E-state index is 0.0415. The molecule has 0 saturated carbocycles. The summed E-state index contributed by atoms with van der Waals surface area (Å²) in [7, 11) is 0. The standard InChI is InChI=1S/C30H34N4O3/c1-3-5-18-33(19-6-4-2)21-22-12-14-24(15-13-22)31-29(23-10-8-7-9-11-23)28-26-20-25(34(36)37)16-17-27(26)32-30(28)35/h7-17,20,32,35H,3-6,18-19,21H2,1-2H3. The Morgan fingerprint density at radius 2 is 1.65 bits per heavy atom. The molecule has 37 heavy (non-hydrogen) atoms. The van der Waals surface area contributed by atoms with Gasteiger partial charge in [0, 0.05) is 35.1 Å². The molecule has 0 unspecified atom stereocenters. The average molecular weight is 499 g/mol. The lowest BCUT2D eigenvalue weighted by atomic mass is 10.0. The Labute approximate surface area is 217 Å². The van der Waals surface area contributed by atoms with Crippen molar-refractivity contribution in [2.45, 2.75) is 46.1 Å². The lowest BCUT2D eigenvalue weighted by molar-refractivity contribution is -0.384. The zero-order valence-corrected chi connectivity index (χ0v) is 21.5. The van der Waals surface area contributed by atoms with Crippen molar-refractivity contribution in [3.05, 3.63) is 99.6 Å². The Bertz CT molecular complexity index is 1350. The molecule has 0 aliphatic carbocycles. The average Bonchev–Trinajstić information content (AvgIpc) is 3.24. The lowest BCUT2D eigenvalue weighted by Gasteiger charge is -2.22. The second kappa shape index (κ2) is 12.3. The molecule has 4 aromatic rings. The molecule has 1 aromatic heterocycles. The van der Waals surface area contributed by atoms with Gasteiger partial charge in [0.2, 0.25) is 0 Å². The van der Waals surface area contributed by atoms with Crippen LogP contribution in [0.25, 0.3) is 10.9 Å². The van der Waals surface area contributed by atoms with Gasteiger partial charge in [-0.3, -0.25) is 15.0 Å². The largest absolute Gasteiger partial charge is 0.494 e. The van der Waals surface area contributed by atoms with Gasteiger partial charge < -0.3 is 10.1 Å². The van der Waals surface area contributed by atoms with Crippen molar-refractivity contribution >= 4 is 28.0 Å². The number of H-pyrrole nitrogens is 1. The fraction of sp³-hybridized carbons (Fsp3) is 0.300. The second-order valence-corrected chi connectivity index (χ2v) is 9.31. The Morgan fingerprint density at radius 1 is 0.973 bits per heavy atom. The Kier molecular flexibility index (Phi) is 8.69. The third-order valence-electron chi connectivity index (χ3n) is 6.50. The highest BCUT2D eigenvalue weighted by Gasteiger charge is 2.21. The number of hydrogen-bond donors (Lipinski definition) is 2. The molecule has 192 valence electrons. The number of nitrogens with one attached hydrogen (secondary N) is 1. The van der Waals surface area contributed by atoms with Crippen LogP contribution >= 0.6 is 0 Å². The van der Waals surface area contributed by atoms with Crippen LogP contribution in [0.2, 0.25) is 0 Å². The molecule has 2 N–H and O–H groups in total. The summed E-state index contributed by atoms with van der Waals surface area (Å²) in [5, 5.41) is 22.8. The molecule has 1 heterocycles. The third-order valence-corrected chi connectivity index (χ3v) is 6.50. The van der Waals surface area contributed by atoms with Gasteiger partial charge in [-0.05, 0) is 49.7 Å². The van der Waals surface area contributed by atoms with E-state index < -0.39 is 4.92 Å². The molecule has 0 amide bonds. The zero-order valence-electron chi connectivity index (χ0n) is 21.5. The zero-order chi connectivity index (χ0) is 26.2.